The van der Waals surface area contributed by atoms with Crippen LogP contribution in [0.3, 0.4) is 0 Å². The molecule has 1 atom stereocenters. The largest absolute Gasteiger partial charge is 0.373 e. The van der Waals surface area contributed by atoms with Crippen LogP contribution in [0, 0.1) is 0 Å². The molecule has 1 N–H and O–H groups in total. The van der Waals surface area contributed by atoms with E-state index in [9.17, 15) is 0 Å². The van der Waals surface area contributed by atoms with Crippen molar-refractivity contribution in [3.63, 3.8) is 0 Å². The lowest BCUT2D eigenvalue weighted by Crippen LogP contribution is -2.23. The molecular weight excluding hydrogens is 156 g/mol. The first-order valence-corrected chi connectivity index (χ1v) is 4.39. The normalized spacial score (nSPS) is 14.8. The minimum Gasteiger partial charge on any atom is -0.373 e. The van der Waals surface area contributed by atoms with E-state index in [1.807, 2.05) is 27.7 Å². The van der Waals surface area contributed by atoms with Gasteiger partial charge in [-0.25, -0.2) is 0 Å². The molecule has 0 radical (unpaired) electrons. The van der Waals surface area contributed by atoms with Gasteiger partial charge in [-0.3, -0.25) is 0 Å². The van der Waals surface area contributed by atoms with Gasteiger partial charge in [0, 0.05) is 0 Å². The molecule has 12 heavy (non-hydrogen) atoms. The van der Waals surface area contributed by atoms with E-state index in [1.54, 1.807) is 0 Å². The van der Waals surface area contributed by atoms with Crippen LogP contribution in [0.15, 0.2) is 0 Å². The van der Waals surface area contributed by atoms with Crippen molar-refractivity contribution in [3.05, 3.63) is 0 Å². The van der Waals surface area contributed by atoms with Crippen LogP contribution < -0.4 is 0 Å². The summed E-state index contributed by atoms with van der Waals surface area (Å²) in [6.45, 7) is 8.82. The van der Waals surface area contributed by atoms with Gasteiger partial charge < -0.3 is 14.6 Å². The highest BCUT2D eigenvalue weighted by Gasteiger charge is 2.09. The van der Waals surface area contributed by atoms with Gasteiger partial charge in [0.2, 0.25) is 0 Å². The molecule has 0 aliphatic carbocycles. The topological polar surface area (TPSA) is 38.7 Å². The summed E-state index contributed by atoms with van der Waals surface area (Å²) in [6, 6.07) is 0. The molecular formula is C9H20O3. The molecule has 0 spiro atoms. The number of rotatable bonds is 5. The van der Waals surface area contributed by atoms with Crippen LogP contribution in [-0.2, 0) is 9.47 Å². The Morgan fingerprint density at radius 2 is 1.83 bits per heavy atom. The Kier molecular flexibility index (Phi) is 5.46. The number of aliphatic hydroxyl groups excluding tert-OH is 1. The lowest BCUT2D eigenvalue weighted by atomic mass is 10.2. The Bertz CT molecular complexity index is 107. The highest BCUT2D eigenvalue weighted by atomic mass is 16.6. The fraction of sp³-hybridized carbons (Fsp3) is 1.00. The van der Waals surface area contributed by atoms with Crippen molar-refractivity contribution in [2.45, 2.75) is 46.0 Å². The maximum absolute atomic E-state index is 9.01. The quantitative estimate of drug-likeness (QED) is 0.510. The van der Waals surface area contributed by atoms with Crippen molar-refractivity contribution in [1.82, 2.24) is 0 Å². The fourth-order valence-electron chi connectivity index (χ4n) is 0.650. The zero-order chi connectivity index (χ0) is 9.61. The molecule has 3 heteroatoms. The number of ether oxygens (including phenoxy) is 2. The van der Waals surface area contributed by atoms with Crippen LogP contribution in [0.5, 0.6) is 0 Å². The van der Waals surface area contributed by atoms with E-state index in [1.165, 1.54) is 0 Å². The average molecular weight is 176 g/mol. The van der Waals surface area contributed by atoms with Gasteiger partial charge in [0.25, 0.3) is 0 Å². The maximum atomic E-state index is 9.01. The SMILES string of the molecule is CCC(O)OCCOC(C)(C)C. The van der Waals surface area contributed by atoms with Crippen LogP contribution in [0.25, 0.3) is 0 Å². The Morgan fingerprint density at radius 1 is 1.25 bits per heavy atom. The van der Waals surface area contributed by atoms with E-state index in [4.69, 9.17) is 14.6 Å². The fourth-order valence-corrected chi connectivity index (χ4v) is 0.650. The van der Waals surface area contributed by atoms with Crippen LogP contribution in [0.1, 0.15) is 34.1 Å². The van der Waals surface area contributed by atoms with Crippen molar-refractivity contribution in [2.24, 2.45) is 0 Å². The molecule has 0 bridgehead atoms. The summed E-state index contributed by atoms with van der Waals surface area (Å²) in [4.78, 5) is 0. The van der Waals surface area contributed by atoms with Crippen molar-refractivity contribution in [1.29, 1.82) is 0 Å². The monoisotopic (exact) mass is 176 g/mol. The van der Waals surface area contributed by atoms with E-state index in [-0.39, 0.29) is 5.60 Å². The van der Waals surface area contributed by atoms with Crippen LogP contribution in [0.4, 0.5) is 0 Å². The van der Waals surface area contributed by atoms with Gasteiger partial charge >= 0.3 is 0 Å². The maximum Gasteiger partial charge on any atom is 0.154 e. The van der Waals surface area contributed by atoms with Gasteiger partial charge in [0.05, 0.1) is 18.8 Å². The highest BCUT2D eigenvalue weighted by molar-refractivity contribution is 4.57. The van der Waals surface area contributed by atoms with Crippen LogP contribution in [0.2, 0.25) is 0 Å². The average Bonchev–Trinajstić information content (AvgIpc) is 1.96. The molecule has 3 nitrogen and oxygen atoms in total. The second kappa shape index (κ2) is 5.51. The van der Waals surface area contributed by atoms with Gasteiger partial charge in [0.15, 0.2) is 6.29 Å². The third-order valence-corrected chi connectivity index (χ3v) is 1.28. The molecule has 0 aromatic heterocycles. The Morgan fingerprint density at radius 3 is 2.25 bits per heavy atom. The highest BCUT2D eigenvalue weighted by Crippen LogP contribution is 2.05. The first kappa shape index (κ1) is 11.9. The zero-order valence-corrected chi connectivity index (χ0v) is 8.46. The van der Waals surface area contributed by atoms with E-state index >= 15 is 0 Å². The molecule has 0 amide bonds. The van der Waals surface area contributed by atoms with E-state index in [0.29, 0.717) is 19.6 Å². The van der Waals surface area contributed by atoms with E-state index < -0.39 is 6.29 Å². The lowest BCUT2D eigenvalue weighted by molar-refractivity contribution is -0.125. The molecule has 0 aliphatic rings. The van der Waals surface area contributed by atoms with Crippen LogP contribution >= 0.6 is 0 Å². The second-order valence-corrected chi connectivity index (χ2v) is 3.69. The summed E-state index contributed by atoms with van der Waals surface area (Å²) < 4.78 is 10.4. The van der Waals surface area contributed by atoms with Crippen molar-refractivity contribution in [2.75, 3.05) is 13.2 Å². The first-order chi connectivity index (χ1) is 5.45. The Hall–Kier alpha value is -0.120. The summed E-state index contributed by atoms with van der Waals surface area (Å²) >= 11 is 0. The Labute approximate surface area is 74.7 Å². The van der Waals surface area contributed by atoms with Gasteiger partial charge in [-0.05, 0) is 27.2 Å². The van der Waals surface area contributed by atoms with Gasteiger partial charge in [-0.1, -0.05) is 6.92 Å². The van der Waals surface area contributed by atoms with E-state index in [2.05, 4.69) is 0 Å². The molecule has 0 aromatic rings. The summed E-state index contributed by atoms with van der Waals surface area (Å²) in [7, 11) is 0. The van der Waals surface area contributed by atoms with Crippen molar-refractivity contribution < 1.29 is 14.6 Å². The standard InChI is InChI=1S/C9H20O3/c1-5-8(10)11-6-7-12-9(2,3)4/h8,10H,5-7H2,1-4H3. The van der Waals surface area contributed by atoms with E-state index in [0.717, 1.165) is 0 Å². The summed E-state index contributed by atoms with van der Waals surface area (Å²) in [5.74, 6) is 0. The van der Waals surface area contributed by atoms with Gasteiger partial charge in [-0.2, -0.15) is 0 Å². The molecule has 1 unspecified atom stereocenters. The Balaban J connectivity index is 3.22. The molecule has 0 saturated heterocycles. The lowest BCUT2D eigenvalue weighted by Gasteiger charge is -2.19. The predicted molar refractivity (Wildman–Crippen MR) is 48.0 cm³/mol. The number of aliphatic hydroxyl groups is 1. The molecule has 0 fully saturated rings. The molecule has 0 rings (SSSR count). The third-order valence-electron chi connectivity index (χ3n) is 1.28. The minimum absolute atomic E-state index is 0.124. The molecule has 0 aliphatic heterocycles. The summed E-state index contributed by atoms with van der Waals surface area (Å²) in [5, 5.41) is 9.01. The molecule has 0 saturated carbocycles. The van der Waals surface area contributed by atoms with Crippen LogP contribution in [-0.4, -0.2) is 30.2 Å². The number of hydrogen-bond acceptors (Lipinski definition) is 3. The first-order valence-electron chi connectivity index (χ1n) is 4.39. The summed E-state index contributed by atoms with van der Waals surface area (Å²) in [5.41, 5.74) is -0.124. The molecule has 0 aromatic carbocycles. The minimum atomic E-state index is -0.645. The van der Waals surface area contributed by atoms with Gasteiger partial charge in [-0.15, -0.1) is 0 Å². The smallest absolute Gasteiger partial charge is 0.154 e. The summed E-state index contributed by atoms with van der Waals surface area (Å²) in [6.07, 6.45) is -0.0243. The predicted octanol–water partition coefficient (Wildman–Crippen LogP) is 1.55. The zero-order valence-electron chi connectivity index (χ0n) is 8.46. The van der Waals surface area contributed by atoms with Gasteiger partial charge in [0.1, 0.15) is 0 Å². The van der Waals surface area contributed by atoms with Crippen molar-refractivity contribution >= 4 is 0 Å². The molecule has 74 valence electrons. The molecule has 0 heterocycles. The third kappa shape index (κ3) is 7.98. The number of hydrogen-bond donors (Lipinski definition) is 1. The second-order valence-electron chi connectivity index (χ2n) is 3.69. The van der Waals surface area contributed by atoms with Crippen molar-refractivity contribution in [3.8, 4) is 0 Å².